The van der Waals surface area contributed by atoms with Gasteiger partial charge < -0.3 is 14.1 Å². The van der Waals surface area contributed by atoms with E-state index in [9.17, 15) is 9.59 Å². The summed E-state index contributed by atoms with van der Waals surface area (Å²) in [4.78, 5) is 29.7. The van der Waals surface area contributed by atoms with Gasteiger partial charge in [-0.3, -0.25) is 4.79 Å². The summed E-state index contributed by atoms with van der Waals surface area (Å²) in [6.45, 7) is 4.74. The van der Waals surface area contributed by atoms with Crippen molar-refractivity contribution in [2.24, 2.45) is 0 Å². The fourth-order valence-electron chi connectivity index (χ4n) is 2.15. The highest BCUT2D eigenvalue weighted by molar-refractivity contribution is 5.94. The van der Waals surface area contributed by atoms with E-state index < -0.39 is 5.97 Å². The van der Waals surface area contributed by atoms with Gasteiger partial charge in [-0.15, -0.1) is 0 Å². The standard InChI is InChI=1S/C17H20N2O4/c1-4-9-19(16(20)13-7-5-12(2)6-8-13)10-15-18-14(11-23-15)17(21)22-3/h5-8,11H,4,9-10H2,1-3H3. The summed E-state index contributed by atoms with van der Waals surface area (Å²) in [5.41, 5.74) is 1.81. The van der Waals surface area contributed by atoms with Crippen LogP contribution in [0.5, 0.6) is 0 Å². The summed E-state index contributed by atoms with van der Waals surface area (Å²) in [6.07, 6.45) is 2.05. The highest BCUT2D eigenvalue weighted by Crippen LogP contribution is 2.12. The molecule has 0 radical (unpaired) electrons. The number of hydrogen-bond acceptors (Lipinski definition) is 5. The number of nitrogens with zero attached hydrogens (tertiary/aromatic N) is 2. The number of ether oxygens (including phenoxy) is 1. The molecule has 1 amide bonds. The molecule has 0 N–H and O–H groups in total. The summed E-state index contributed by atoms with van der Waals surface area (Å²) >= 11 is 0. The van der Waals surface area contributed by atoms with E-state index in [1.807, 2.05) is 26.0 Å². The summed E-state index contributed by atoms with van der Waals surface area (Å²) in [5.74, 6) is -0.351. The summed E-state index contributed by atoms with van der Waals surface area (Å²) in [5, 5.41) is 0. The Morgan fingerprint density at radius 2 is 1.96 bits per heavy atom. The van der Waals surface area contributed by atoms with Crippen LogP contribution in [-0.4, -0.2) is 35.4 Å². The predicted molar refractivity (Wildman–Crippen MR) is 84.1 cm³/mol. The van der Waals surface area contributed by atoms with Gasteiger partial charge in [0.25, 0.3) is 5.91 Å². The lowest BCUT2D eigenvalue weighted by Crippen LogP contribution is -2.31. The zero-order valence-electron chi connectivity index (χ0n) is 13.5. The second-order valence-corrected chi connectivity index (χ2v) is 5.21. The van der Waals surface area contributed by atoms with Crippen LogP contribution in [0.15, 0.2) is 34.9 Å². The Morgan fingerprint density at radius 1 is 1.26 bits per heavy atom. The normalized spacial score (nSPS) is 10.4. The van der Waals surface area contributed by atoms with E-state index in [0.717, 1.165) is 12.0 Å². The number of aryl methyl sites for hydroxylation is 1. The molecular weight excluding hydrogens is 296 g/mol. The van der Waals surface area contributed by atoms with Crippen LogP contribution in [0.4, 0.5) is 0 Å². The van der Waals surface area contributed by atoms with Crippen LogP contribution in [0.25, 0.3) is 0 Å². The molecule has 0 spiro atoms. The molecule has 2 rings (SSSR count). The molecule has 1 aromatic heterocycles. The number of amides is 1. The monoisotopic (exact) mass is 316 g/mol. The van der Waals surface area contributed by atoms with Crippen molar-refractivity contribution in [2.45, 2.75) is 26.8 Å². The zero-order valence-corrected chi connectivity index (χ0v) is 13.5. The van der Waals surface area contributed by atoms with Gasteiger partial charge in [0.2, 0.25) is 5.89 Å². The van der Waals surface area contributed by atoms with Crippen LogP contribution in [0, 0.1) is 6.92 Å². The van der Waals surface area contributed by atoms with Gasteiger partial charge in [0.05, 0.1) is 13.7 Å². The van der Waals surface area contributed by atoms with Crippen LogP contribution in [0.2, 0.25) is 0 Å². The number of esters is 1. The van der Waals surface area contributed by atoms with Crippen LogP contribution in [0.1, 0.15) is 45.6 Å². The fraction of sp³-hybridized carbons (Fsp3) is 0.353. The number of benzene rings is 1. The average molecular weight is 316 g/mol. The molecular formula is C17H20N2O4. The van der Waals surface area contributed by atoms with E-state index in [4.69, 9.17) is 4.42 Å². The lowest BCUT2D eigenvalue weighted by molar-refractivity contribution is 0.0594. The molecule has 0 saturated heterocycles. The first kappa shape index (κ1) is 16.7. The maximum absolute atomic E-state index is 12.6. The second-order valence-electron chi connectivity index (χ2n) is 5.21. The van der Waals surface area contributed by atoms with Gasteiger partial charge in [-0.2, -0.15) is 0 Å². The van der Waals surface area contributed by atoms with Crippen molar-refractivity contribution >= 4 is 11.9 Å². The fourth-order valence-corrected chi connectivity index (χ4v) is 2.15. The third-order valence-corrected chi connectivity index (χ3v) is 3.35. The van der Waals surface area contributed by atoms with Crippen molar-refractivity contribution in [1.82, 2.24) is 9.88 Å². The van der Waals surface area contributed by atoms with Gasteiger partial charge >= 0.3 is 5.97 Å². The van der Waals surface area contributed by atoms with Crippen LogP contribution in [0.3, 0.4) is 0 Å². The molecule has 0 aliphatic rings. The number of hydrogen-bond donors (Lipinski definition) is 0. The number of aromatic nitrogens is 1. The Morgan fingerprint density at radius 3 is 2.57 bits per heavy atom. The molecule has 122 valence electrons. The molecule has 0 unspecified atom stereocenters. The van der Waals surface area contributed by atoms with E-state index in [1.54, 1.807) is 17.0 Å². The lowest BCUT2D eigenvalue weighted by Gasteiger charge is -2.20. The van der Waals surface area contributed by atoms with Crippen molar-refractivity contribution in [3.63, 3.8) is 0 Å². The average Bonchev–Trinajstić information content (AvgIpc) is 3.02. The van der Waals surface area contributed by atoms with Gasteiger partial charge in [0, 0.05) is 12.1 Å². The Kier molecular flexibility index (Phi) is 5.51. The minimum Gasteiger partial charge on any atom is -0.464 e. The number of carbonyl (C=O) groups is 2. The number of carbonyl (C=O) groups excluding carboxylic acids is 2. The smallest absolute Gasteiger partial charge is 0.360 e. The highest BCUT2D eigenvalue weighted by Gasteiger charge is 2.19. The molecule has 0 saturated carbocycles. The Hall–Kier alpha value is -2.63. The van der Waals surface area contributed by atoms with E-state index in [1.165, 1.54) is 13.4 Å². The summed E-state index contributed by atoms with van der Waals surface area (Å²) in [6, 6.07) is 7.40. The van der Waals surface area contributed by atoms with Gasteiger partial charge in [-0.1, -0.05) is 24.6 Å². The summed E-state index contributed by atoms with van der Waals surface area (Å²) in [7, 11) is 1.28. The lowest BCUT2D eigenvalue weighted by atomic mass is 10.1. The van der Waals surface area contributed by atoms with Crippen molar-refractivity contribution in [3.8, 4) is 0 Å². The Bertz CT molecular complexity index is 676. The number of oxazole rings is 1. The maximum Gasteiger partial charge on any atom is 0.360 e. The van der Waals surface area contributed by atoms with Gasteiger partial charge in [-0.05, 0) is 25.5 Å². The number of methoxy groups -OCH3 is 1. The highest BCUT2D eigenvalue weighted by atomic mass is 16.5. The Balaban J connectivity index is 2.14. The SMILES string of the molecule is CCCN(Cc1nc(C(=O)OC)co1)C(=O)c1ccc(C)cc1. The molecule has 0 bridgehead atoms. The van der Waals surface area contributed by atoms with E-state index in [2.05, 4.69) is 9.72 Å². The predicted octanol–water partition coefficient (Wildman–Crippen LogP) is 2.82. The quantitative estimate of drug-likeness (QED) is 0.766. The minimum absolute atomic E-state index is 0.0929. The van der Waals surface area contributed by atoms with Crippen molar-refractivity contribution in [2.75, 3.05) is 13.7 Å². The molecule has 6 nitrogen and oxygen atoms in total. The van der Waals surface area contributed by atoms with Gasteiger partial charge in [0.15, 0.2) is 5.69 Å². The van der Waals surface area contributed by atoms with Crippen LogP contribution in [-0.2, 0) is 11.3 Å². The van der Waals surface area contributed by atoms with Crippen LogP contribution >= 0.6 is 0 Å². The molecule has 23 heavy (non-hydrogen) atoms. The first-order valence-corrected chi connectivity index (χ1v) is 7.43. The molecule has 0 aliphatic carbocycles. The van der Waals surface area contributed by atoms with Crippen molar-refractivity contribution < 1.29 is 18.7 Å². The first-order chi connectivity index (χ1) is 11.0. The molecule has 1 heterocycles. The second kappa shape index (κ2) is 7.58. The summed E-state index contributed by atoms with van der Waals surface area (Å²) < 4.78 is 9.85. The van der Waals surface area contributed by atoms with E-state index in [0.29, 0.717) is 18.0 Å². The number of rotatable bonds is 6. The Labute approximate surface area is 135 Å². The third kappa shape index (κ3) is 4.18. The first-order valence-electron chi connectivity index (χ1n) is 7.43. The minimum atomic E-state index is -0.563. The molecule has 0 fully saturated rings. The molecule has 6 heteroatoms. The molecule has 0 aliphatic heterocycles. The largest absolute Gasteiger partial charge is 0.464 e. The molecule has 0 atom stereocenters. The van der Waals surface area contributed by atoms with E-state index >= 15 is 0 Å². The topological polar surface area (TPSA) is 72.6 Å². The zero-order chi connectivity index (χ0) is 16.8. The van der Waals surface area contributed by atoms with Crippen LogP contribution < -0.4 is 0 Å². The van der Waals surface area contributed by atoms with Gasteiger partial charge in [-0.25, -0.2) is 9.78 Å². The molecule has 2 aromatic rings. The van der Waals surface area contributed by atoms with E-state index in [-0.39, 0.29) is 18.1 Å². The maximum atomic E-state index is 12.6. The third-order valence-electron chi connectivity index (χ3n) is 3.35. The molecule has 1 aromatic carbocycles. The van der Waals surface area contributed by atoms with Gasteiger partial charge in [0.1, 0.15) is 6.26 Å². The van der Waals surface area contributed by atoms with Crippen molar-refractivity contribution in [1.29, 1.82) is 0 Å². The van der Waals surface area contributed by atoms with Crippen molar-refractivity contribution in [3.05, 3.63) is 53.2 Å².